The van der Waals surface area contributed by atoms with Crippen molar-refractivity contribution in [2.75, 3.05) is 37.8 Å². The van der Waals surface area contributed by atoms with E-state index in [0.29, 0.717) is 39.1 Å². The van der Waals surface area contributed by atoms with Crippen LogP contribution in [0.5, 0.6) is 0 Å². The number of hydrogen-bond donors (Lipinski definition) is 4. The molecule has 2 aromatic rings. The van der Waals surface area contributed by atoms with Gasteiger partial charge in [-0.15, -0.1) is 0 Å². The molecular weight excluding hydrogens is 476 g/mol. The van der Waals surface area contributed by atoms with Crippen molar-refractivity contribution >= 4 is 33.4 Å². The van der Waals surface area contributed by atoms with Gasteiger partial charge in [0.1, 0.15) is 0 Å². The molecule has 0 aromatic carbocycles. The number of H-pyrrole nitrogens is 2. The Hall–Kier alpha value is -2.02. The second-order valence-electron chi connectivity index (χ2n) is 7.92. The van der Waals surface area contributed by atoms with Crippen LogP contribution in [0.25, 0.3) is 0 Å². The number of nitrogens with one attached hydrogen (secondary N) is 4. The third-order valence-electron chi connectivity index (χ3n) is 5.26. The minimum atomic E-state index is -0.0735. The fourth-order valence-corrected chi connectivity index (χ4v) is 5.85. The Bertz CT molecular complexity index is 753. The molecule has 0 radical (unpaired) electrons. The Morgan fingerprint density at radius 1 is 0.853 bits per heavy atom. The van der Waals surface area contributed by atoms with E-state index in [9.17, 15) is 9.59 Å². The fraction of sp³-hybridized carbons (Fsp3) is 0.636. The molecule has 0 aliphatic carbocycles. The summed E-state index contributed by atoms with van der Waals surface area (Å²) in [7, 11) is 3.50. The minimum Gasteiger partial charge on any atom is -0.374 e. The molecule has 12 heteroatoms. The lowest BCUT2D eigenvalue weighted by Crippen LogP contribution is -2.39. The molecule has 1 fully saturated rings. The van der Waals surface area contributed by atoms with Gasteiger partial charge in [0, 0.05) is 49.8 Å². The predicted octanol–water partition coefficient (Wildman–Crippen LogP) is 1.88. The predicted molar refractivity (Wildman–Crippen MR) is 133 cm³/mol. The zero-order valence-electron chi connectivity index (χ0n) is 19.3. The summed E-state index contributed by atoms with van der Waals surface area (Å²) in [6, 6.07) is 0. The topological polar surface area (TPSA) is 134 Å². The maximum atomic E-state index is 12.0. The highest BCUT2D eigenvalue weighted by molar-refractivity contribution is 8.76. The summed E-state index contributed by atoms with van der Waals surface area (Å²) < 4.78 is 11.9. The summed E-state index contributed by atoms with van der Waals surface area (Å²) in [5, 5.41) is 5.85. The lowest BCUT2D eigenvalue weighted by molar-refractivity contribution is -0.126. The second kappa shape index (κ2) is 15.8. The highest BCUT2D eigenvalue weighted by Gasteiger charge is 2.28. The van der Waals surface area contributed by atoms with E-state index in [1.807, 2.05) is 12.4 Å². The number of aryl methyl sites for hydroxylation is 2. The summed E-state index contributed by atoms with van der Waals surface area (Å²) >= 11 is 0. The Morgan fingerprint density at radius 3 is 1.74 bits per heavy atom. The van der Waals surface area contributed by atoms with Gasteiger partial charge in [-0.3, -0.25) is 9.59 Å². The number of aromatic amines is 2. The average molecular weight is 511 g/mol. The lowest BCUT2D eigenvalue weighted by atomic mass is 10.2. The molecule has 34 heavy (non-hydrogen) atoms. The third-order valence-corrected chi connectivity index (χ3v) is 7.67. The fourth-order valence-electron chi connectivity index (χ4n) is 3.39. The molecule has 1 saturated heterocycles. The normalized spacial score (nSPS) is 18.0. The maximum absolute atomic E-state index is 12.0. The molecule has 0 spiro atoms. The molecule has 2 atom stereocenters. The molecule has 3 heterocycles. The number of nitrogens with zero attached hydrogens (tertiary/aromatic N) is 2. The van der Waals surface area contributed by atoms with Crippen LogP contribution in [-0.2, 0) is 31.9 Å². The van der Waals surface area contributed by atoms with Crippen molar-refractivity contribution in [2.45, 2.75) is 50.7 Å². The first-order valence-corrected chi connectivity index (χ1v) is 14.2. The first-order valence-electron chi connectivity index (χ1n) is 11.7. The van der Waals surface area contributed by atoms with Gasteiger partial charge >= 0.3 is 0 Å². The van der Waals surface area contributed by atoms with Gasteiger partial charge in [-0.25, -0.2) is 9.97 Å². The number of amides is 2. The molecule has 2 amide bonds. The Morgan fingerprint density at radius 2 is 1.32 bits per heavy atom. The minimum absolute atomic E-state index is 0.0127. The van der Waals surface area contributed by atoms with E-state index >= 15 is 0 Å². The summed E-state index contributed by atoms with van der Waals surface area (Å²) in [5.74, 6) is 1.59. The number of carbonyl (C=O) groups excluding carboxylic acids is 2. The van der Waals surface area contributed by atoms with Gasteiger partial charge in [0.15, 0.2) is 0 Å². The van der Waals surface area contributed by atoms with Crippen molar-refractivity contribution in [2.24, 2.45) is 0 Å². The first kappa shape index (κ1) is 26.6. The van der Waals surface area contributed by atoms with Gasteiger partial charge in [0.25, 0.3) is 0 Å². The van der Waals surface area contributed by atoms with Crippen LogP contribution in [0.3, 0.4) is 0 Å². The van der Waals surface area contributed by atoms with Gasteiger partial charge in [0.2, 0.25) is 11.8 Å². The first-order chi connectivity index (χ1) is 16.7. The number of hydrogen-bond acceptors (Lipinski definition) is 8. The van der Waals surface area contributed by atoms with Crippen molar-refractivity contribution in [3.63, 3.8) is 0 Å². The molecule has 0 saturated carbocycles. The monoisotopic (exact) mass is 510 g/mol. The zero-order valence-corrected chi connectivity index (χ0v) is 20.9. The van der Waals surface area contributed by atoms with Gasteiger partial charge in [-0.05, 0) is 25.7 Å². The van der Waals surface area contributed by atoms with Crippen LogP contribution >= 0.6 is 21.6 Å². The van der Waals surface area contributed by atoms with Crippen LogP contribution in [0, 0.1) is 0 Å². The summed E-state index contributed by atoms with van der Waals surface area (Å²) in [4.78, 5) is 38.3. The van der Waals surface area contributed by atoms with Gasteiger partial charge < -0.3 is 30.1 Å². The van der Waals surface area contributed by atoms with E-state index < -0.39 is 0 Å². The van der Waals surface area contributed by atoms with Crippen LogP contribution in [0.4, 0.5) is 0 Å². The van der Waals surface area contributed by atoms with E-state index in [0.717, 1.165) is 48.6 Å². The number of rotatable bonds is 16. The average Bonchev–Trinajstić information content (AvgIpc) is 3.55. The largest absolute Gasteiger partial charge is 0.374 e. The summed E-state index contributed by atoms with van der Waals surface area (Å²) in [5.41, 5.74) is 2.00. The standard InChI is InChI=1S/C22H34N6O4S2/c29-21(25-7-1-3-17-11-23-15-27-17)5-9-31-19-13-33-34-14-20(19)32-10-6-22(30)26-8-2-4-18-12-24-16-28-18/h11-12,15-16,19-20H,1-10,13-14H2,(H,23,27)(H,24,28)(H,25,29)(H,26,30)/t19-,20-/m0/s1. The quantitative estimate of drug-likeness (QED) is 0.199. The van der Waals surface area contributed by atoms with Gasteiger partial charge in [0.05, 0.1) is 49.5 Å². The molecule has 0 bridgehead atoms. The van der Waals surface area contributed by atoms with Gasteiger partial charge in [-0.2, -0.15) is 0 Å². The van der Waals surface area contributed by atoms with Crippen molar-refractivity contribution in [3.05, 3.63) is 36.4 Å². The SMILES string of the molecule is O=C(CCO[C@H]1CSSC[C@@H]1OCCC(=O)NCCCc1c[nH]cn1)NCCCc1c[nH]cn1. The molecule has 1 aliphatic heterocycles. The van der Waals surface area contributed by atoms with E-state index in [4.69, 9.17) is 9.47 Å². The second-order valence-corrected chi connectivity index (χ2v) is 10.5. The van der Waals surface area contributed by atoms with Crippen molar-refractivity contribution in [3.8, 4) is 0 Å². The molecule has 188 valence electrons. The molecule has 0 unspecified atom stereocenters. The van der Waals surface area contributed by atoms with Crippen molar-refractivity contribution < 1.29 is 19.1 Å². The third kappa shape index (κ3) is 10.5. The molecular formula is C22H34N6O4S2. The van der Waals surface area contributed by atoms with Crippen LogP contribution in [0.2, 0.25) is 0 Å². The smallest absolute Gasteiger partial charge is 0.222 e. The molecule has 1 aliphatic rings. The number of imidazole rings is 2. The van der Waals surface area contributed by atoms with Crippen LogP contribution in [0.15, 0.2) is 25.0 Å². The lowest BCUT2D eigenvalue weighted by Gasteiger charge is -2.30. The van der Waals surface area contributed by atoms with E-state index in [-0.39, 0.29) is 24.0 Å². The van der Waals surface area contributed by atoms with Crippen molar-refractivity contribution in [1.82, 2.24) is 30.6 Å². The molecule has 4 N–H and O–H groups in total. The Balaban J connectivity index is 1.21. The molecule has 10 nitrogen and oxygen atoms in total. The van der Waals surface area contributed by atoms with E-state index in [1.54, 1.807) is 34.2 Å². The van der Waals surface area contributed by atoms with Crippen LogP contribution < -0.4 is 10.6 Å². The molecule has 3 rings (SSSR count). The Labute approximate surface area is 207 Å². The summed E-state index contributed by atoms with van der Waals surface area (Å²) in [6.45, 7) is 1.96. The zero-order chi connectivity index (χ0) is 23.8. The number of aromatic nitrogens is 4. The van der Waals surface area contributed by atoms with Gasteiger partial charge in [-0.1, -0.05) is 21.6 Å². The van der Waals surface area contributed by atoms with Crippen LogP contribution in [-0.4, -0.2) is 81.8 Å². The van der Waals surface area contributed by atoms with E-state index in [1.165, 1.54) is 0 Å². The summed E-state index contributed by atoms with van der Waals surface area (Å²) in [6.07, 6.45) is 10.9. The number of carbonyl (C=O) groups is 2. The van der Waals surface area contributed by atoms with Crippen LogP contribution in [0.1, 0.15) is 37.1 Å². The number of ether oxygens (including phenoxy) is 2. The highest BCUT2D eigenvalue weighted by Crippen LogP contribution is 2.32. The maximum Gasteiger partial charge on any atom is 0.222 e. The van der Waals surface area contributed by atoms with E-state index in [2.05, 4.69) is 30.6 Å². The van der Waals surface area contributed by atoms with Crippen molar-refractivity contribution in [1.29, 1.82) is 0 Å². The highest BCUT2D eigenvalue weighted by atomic mass is 33.1. The molecule has 2 aromatic heterocycles. The Kier molecular flexibility index (Phi) is 12.4.